The Hall–Kier alpha value is -2.36. The third-order valence-corrected chi connectivity index (χ3v) is 5.01. The number of hydrogen-bond donors (Lipinski definition) is 2. The molecule has 124 valence electrons. The molecule has 0 aliphatic carbocycles. The van der Waals surface area contributed by atoms with Gasteiger partial charge in [0, 0.05) is 5.02 Å². The fourth-order valence-corrected chi connectivity index (χ4v) is 3.58. The van der Waals surface area contributed by atoms with Gasteiger partial charge in [-0.05, 0) is 40.6 Å². The summed E-state index contributed by atoms with van der Waals surface area (Å²) in [5.41, 5.74) is -0.445. The van der Waals surface area contributed by atoms with E-state index in [4.69, 9.17) is 28.3 Å². The van der Waals surface area contributed by atoms with Crippen LogP contribution < -0.4 is 4.72 Å². The molecule has 0 radical (unpaired) electrons. The Morgan fingerprint density at radius 3 is 2.54 bits per heavy atom. The van der Waals surface area contributed by atoms with Crippen LogP contribution in [0, 0.1) is 0 Å². The summed E-state index contributed by atoms with van der Waals surface area (Å²) < 4.78 is 31.9. The Labute approximate surface area is 145 Å². The normalized spacial score (nSPS) is 11.6. The van der Waals surface area contributed by atoms with Crippen molar-refractivity contribution in [2.75, 3.05) is 4.72 Å². The summed E-state index contributed by atoms with van der Waals surface area (Å²) in [5.74, 6) is -1.31. The fraction of sp³-hybridized carbons (Fsp3) is 0. The van der Waals surface area contributed by atoms with E-state index >= 15 is 0 Å². The fourth-order valence-electron chi connectivity index (χ4n) is 2.02. The number of rotatable bonds is 4. The summed E-state index contributed by atoms with van der Waals surface area (Å²) in [6.07, 6.45) is 0. The maximum Gasteiger partial charge on any atom is 0.337 e. The SMILES string of the molecule is O=C(O)c1ccc(Cl)cc1NS(=O)(=O)c1ccc(Cl)c2nonc12. The molecule has 0 atom stereocenters. The van der Waals surface area contributed by atoms with Gasteiger partial charge in [-0.1, -0.05) is 23.2 Å². The van der Waals surface area contributed by atoms with E-state index in [1.165, 1.54) is 30.3 Å². The van der Waals surface area contributed by atoms with Crippen LogP contribution in [0.1, 0.15) is 10.4 Å². The van der Waals surface area contributed by atoms with Crippen molar-refractivity contribution >= 4 is 55.9 Å². The van der Waals surface area contributed by atoms with E-state index in [-0.39, 0.29) is 37.2 Å². The van der Waals surface area contributed by atoms with Gasteiger partial charge in [-0.2, -0.15) is 0 Å². The van der Waals surface area contributed by atoms with Gasteiger partial charge in [-0.15, -0.1) is 0 Å². The van der Waals surface area contributed by atoms with Crippen molar-refractivity contribution in [2.45, 2.75) is 4.90 Å². The number of carboxylic acid groups (broad SMARTS) is 1. The topological polar surface area (TPSA) is 122 Å². The highest BCUT2D eigenvalue weighted by molar-refractivity contribution is 7.93. The lowest BCUT2D eigenvalue weighted by Gasteiger charge is -2.11. The molecule has 0 saturated carbocycles. The average Bonchev–Trinajstić information content (AvgIpc) is 2.96. The zero-order valence-corrected chi connectivity index (χ0v) is 13.9. The molecule has 8 nitrogen and oxygen atoms in total. The lowest BCUT2D eigenvalue weighted by atomic mass is 10.2. The minimum atomic E-state index is -4.19. The molecule has 1 heterocycles. The number of nitrogens with zero attached hydrogens (tertiary/aromatic N) is 2. The highest BCUT2D eigenvalue weighted by Crippen LogP contribution is 2.29. The summed E-state index contributed by atoms with van der Waals surface area (Å²) in [5, 5.41) is 16.6. The van der Waals surface area contributed by atoms with E-state index in [1.807, 2.05) is 0 Å². The van der Waals surface area contributed by atoms with Crippen molar-refractivity contribution in [1.29, 1.82) is 0 Å². The molecule has 2 N–H and O–H groups in total. The molecule has 0 amide bonds. The largest absolute Gasteiger partial charge is 0.478 e. The third-order valence-electron chi connectivity index (χ3n) is 3.08. The van der Waals surface area contributed by atoms with E-state index in [0.717, 1.165) is 0 Å². The molecule has 3 aromatic rings. The van der Waals surface area contributed by atoms with Crippen molar-refractivity contribution in [3.63, 3.8) is 0 Å². The highest BCUT2D eigenvalue weighted by Gasteiger charge is 2.24. The summed E-state index contributed by atoms with van der Waals surface area (Å²) in [4.78, 5) is 11.0. The molecule has 0 bridgehead atoms. The van der Waals surface area contributed by atoms with Crippen LogP contribution >= 0.6 is 23.2 Å². The molecule has 11 heteroatoms. The van der Waals surface area contributed by atoms with Gasteiger partial charge in [0.1, 0.15) is 4.90 Å². The number of aromatic carboxylic acids is 1. The molecule has 0 spiro atoms. The average molecular weight is 388 g/mol. The van der Waals surface area contributed by atoms with Crippen molar-refractivity contribution in [2.24, 2.45) is 0 Å². The minimum absolute atomic E-state index is 0.0732. The van der Waals surface area contributed by atoms with Crippen molar-refractivity contribution < 1.29 is 22.9 Å². The number of nitrogens with one attached hydrogen (secondary N) is 1. The Kier molecular flexibility index (Phi) is 4.08. The van der Waals surface area contributed by atoms with E-state index < -0.39 is 16.0 Å². The van der Waals surface area contributed by atoms with Crippen LogP contribution in [0.4, 0.5) is 5.69 Å². The molecule has 24 heavy (non-hydrogen) atoms. The van der Waals surface area contributed by atoms with Crippen molar-refractivity contribution in [3.8, 4) is 0 Å². The van der Waals surface area contributed by atoms with Gasteiger partial charge in [0.2, 0.25) is 0 Å². The Bertz CT molecular complexity index is 1060. The maximum atomic E-state index is 12.6. The number of carbonyl (C=O) groups is 1. The van der Waals surface area contributed by atoms with Gasteiger partial charge < -0.3 is 5.11 Å². The number of hydrogen-bond acceptors (Lipinski definition) is 6. The summed E-state index contributed by atoms with van der Waals surface area (Å²) in [6.45, 7) is 0. The molecular formula is C13H7Cl2N3O5S. The van der Waals surface area contributed by atoms with Crippen LogP contribution in [0.2, 0.25) is 10.0 Å². The third kappa shape index (κ3) is 2.88. The Morgan fingerprint density at radius 1 is 1.12 bits per heavy atom. The lowest BCUT2D eigenvalue weighted by molar-refractivity contribution is 0.0698. The second-order valence-corrected chi connectivity index (χ2v) is 7.10. The zero-order valence-electron chi connectivity index (χ0n) is 11.5. The summed E-state index contributed by atoms with van der Waals surface area (Å²) >= 11 is 11.7. The van der Waals surface area contributed by atoms with Crippen LogP contribution in [0.15, 0.2) is 39.9 Å². The van der Waals surface area contributed by atoms with Crippen LogP contribution in [0.25, 0.3) is 11.0 Å². The van der Waals surface area contributed by atoms with Gasteiger partial charge in [-0.25, -0.2) is 17.8 Å². The first kappa shape index (κ1) is 16.5. The second kappa shape index (κ2) is 5.93. The van der Waals surface area contributed by atoms with Crippen molar-refractivity contribution in [3.05, 3.63) is 45.9 Å². The predicted molar refractivity (Wildman–Crippen MR) is 86.0 cm³/mol. The smallest absolute Gasteiger partial charge is 0.337 e. The van der Waals surface area contributed by atoms with E-state index in [9.17, 15) is 13.2 Å². The van der Waals surface area contributed by atoms with Crippen molar-refractivity contribution in [1.82, 2.24) is 10.3 Å². The standard InChI is InChI=1S/C13H7Cl2N3O5S/c14-6-1-2-7(13(19)20)9(5-6)18-24(21,22)10-4-3-8(15)11-12(10)17-23-16-11/h1-5,18H,(H,19,20). The van der Waals surface area contributed by atoms with Crippen LogP contribution in [0.5, 0.6) is 0 Å². The number of sulfonamides is 1. The molecule has 2 aromatic carbocycles. The second-order valence-electron chi connectivity index (χ2n) is 4.61. The molecule has 0 aliphatic heterocycles. The lowest BCUT2D eigenvalue weighted by Crippen LogP contribution is -2.16. The summed E-state index contributed by atoms with van der Waals surface area (Å²) in [7, 11) is -4.19. The Balaban J connectivity index is 2.13. The van der Waals surface area contributed by atoms with E-state index in [1.54, 1.807) is 0 Å². The van der Waals surface area contributed by atoms with Crippen LogP contribution in [-0.4, -0.2) is 29.8 Å². The van der Waals surface area contributed by atoms with Gasteiger partial charge >= 0.3 is 5.97 Å². The molecule has 0 aliphatic rings. The quantitative estimate of drug-likeness (QED) is 0.704. The first-order valence-electron chi connectivity index (χ1n) is 6.26. The number of carboxylic acids is 1. The van der Waals surface area contributed by atoms with Crippen LogP contribution in [0.3, 0.4) is 0 Å². The highest BCUT2D eigenvalue weighted by atomic mass is 35.5. The van der Waals surface area contributed by atoms with Crippen LogP contribution in [-0.2, 0) is 10.0 Å². The predicted octanol–water partition coefficient (Wildman–Crippen LogP) is 3.03. The number of anilines is 1. The van der Waals surface area contributed by atoms with Gasteiger partial charge in [-0.3, -0.25) is 4.72 Å². The summed E-state index contributed by atoms with van der Waals surface area (Å²) in [6, 6.07) is 6.25. The zero-order chi connectivity index (χ0) is 17.5. The number of halogens is 2. The molecule has 1 aromatic heterocycles. The molecule has 0 saturated heterocycles. The first-order chi connectivity index (χ1) is 11.3. The molecular weight excluding hydrogens is 381 g/mol. The monoisotopic (exact) mass is 387 g/mol. The number of benzene rings is 2. The number of aromatic nitrogens is 2. The van der Waals surface area contributed by atoms with Gasteiger partial charge in [0.05, 0.1) is 16.3 Å². The van der Waals surface area contributed by atoms with Gasteiger partial charge in [0.15, 0.2) is 11.0 Å². The Morgan fingerprint density at radius 2 is 1.83 bits per heavy atom. The van der Waals surface area contributed by atoms with Gasteiger partial charge in [0.25, 0.3) is 10.0 Å². The number of fused-ring (bicyclic) bond motifs is 1. The molecule has 3 rings (SSSR count). The molecule has 0 unspecified atom stereocenters. The van der Waals surface area contributed by atoms with E-state index in [2.05, 4.69) is 19.7 Å². The maximum absolute atomic E-state index is 12.6. The first-order valence-corrected chi connectivity index (χ1v) is 8.50. The minimum Gasteiger partial charge on any atom is -0.478 e. The molecule has 0 fully saturated rings. The van der Waals surface area contributed by atoms with E-state index in [0.29, 0.717) is 0 Å².